The lowest BCUT2D eigenvalue weighted by Crippen LogP contribution is -2.41. The monoisotopic (exact) mass is 443 g/mol. The number of methoxy groups -OCH3 is 2. The number of carbonyl (C=O) groups is 1. The van der Waals surface area contributed by atoms with Gasteiger partial charge in [-0.1, -0.05) is 23.7 Å². The van der Waals surface area contributed by atoms with Crippen LogP contribution in [0.25, 0.3) is 0 Å². The molecule has 0 radical (unpaired) electrons. The SMILES string of the molecule is COc1cc2c(cc1OC)[C@H](c1c(F)cccc1Cl)N(C(=O)c1cccc(F)c1)CC2. The lowest BCUT2D eigenvalue weighted by Gasteiger charge is -2.38. The third-order valence-corrected chi connectivity index (χ3v) is 5.81. The number of amides is 1. The molecule has 7 heteroatoms. The van der Waals surface area contributed by atoms with Crippen LogP contribution in [0.2, 0.25) is 5.02 Å². The summed E-state index contributed by atoms with van der Waals surface area (Å²) in [6.07, 6.45) is 0.513. The zero-order valence-electron chi connectivity index (χ0n) is 17.0. The predicted octanol–water partition coefficient (Wildman–Crippen LogP) is 5.42. The van der Waals surface area contributed by atoms with E-state index in [1.54, 1.807) is 12.1 Å². The third kappa shape index (κ3) is 3.83. The highest BCUT2D eigenvalue weighted by Crippen LogP contribution is 2.44. The van der Waals surface area contributed by atoms with Crippen LogP contribution in [-0.4, -0.2) is 31.6 Å². The largest absolute Gasteiger partial charge is 0.493 e. The van der Waals surface area contributed by atoms with Gasteiger partial charge in [0.25, 0.3) is 5.91 Å². The number of rotatable bonds is 4. The summed E-state index contributed by atoms with van der Waals surface area (Å²) >= 11 is 6.41. The Bertz CT molecular complexity index is 1130. The second-order valence-electron chi connectivity index (χ2n) is 7.20. The van der Waals surface area contributed by atoms with E-state index in [1.807, 2.05) is 6.07 Å². The van der Waals surface area contributed by atoms with E-state index in [1.165, 1.54) is 55.5 Å². The second kappa shape index (κ2) is 8.55. The zero-order valence-corrected chi connectivity index (χ0v) is 17.7. The van der Waals surface area contributed by atoms with Crippen molar-refractivity contribution < 1.29 is 23.0 Å². The molecule has 3 aromatic carbocycles. The molecule has 1 heterocycles. The number of hydrogen-bond donors (Lipinski definition) is 0. The number of hydrogen-bond acceptors (Lipinski definition) is 3. The Morgan fingerprint density at radius 1 is 1.03 bits per heavy atom. The van der Waals surface area contributed by atoms with Crippen LogP contribution in [0.4, 0.5) is 8.78 Å². The Morgan fingerprint density at radius 2 is 1.74 bits per heavy atom. The standard InChI is InChI=1S/C24H20ClF2NO3/c1-30-20-12-14-9-10-28(24(29)15-5-3-6-16(26)11-15)23(17(14)13-21(20)31-2)22-18(25)7-4-8-19(22)27/h3-8,11-13,23H,9-10H2,1-2H3/t23-/m1/s1. The van der Waals surface area contributed by atoms with Crippen LogP contribution in [0.3, 0.4) is 0 Å². The quantitative estimate of drug-likeness (QED) is 0.540. The molecule has 1 atom stereocenters. The predicted molar refractivity (Wildman–Crippen MR) is 114 cm³/mol. The molecule has 0 aromatic heterocycles. The fraction of sp³-hybridized carbons (Fsp3) is 0.208. The minimum Gasteiger partial charge on any atom is -0.493 e. The van der Waals surface area contributed by atoms with Crippen molar-refractivity contribution in [3.8, 4) is 11.5 Å². The van der Waals surface area contributed by atoms with E-state index in [0.717, 1.165) is 5.56 Å². The molecule has 0 bridgehead atoms. The fourth-order valence-corrected chi connectivity index (χ4v) is 4.30. The van der Waals surface area contributed by atoms with E-state index in [-0.39, 0.29) is 16.1 Å². The summed E-state index contributed by atoms with van der Waals surface area (Å²) in [5.74, 6) is -0.458. The van der Waals surface area contributed by atoms with Crippen molar-refractivity contribution in [2.24, 2.45) is 0 Å². The van der Waals surface area contributed by atoms with Crippen molar-refractivity contribution in [1.82, 2.24) is 4.90 Å². The highest BCUT2D eigenvalue weighted by molar-refractivity contribution is 6.31. The summed E-state index contributed by atoms with van der Waals surface area (Å²) < 4.78 is 39.6. The van der Waals surface area contributed by atoms with Gasteiger partial charge in [-0.3, -0.25) is 4.79 Å². The summed E-state index contributed by atoms with van der Waals surface area (Å²) in [4.78, 5) is 14.9. The smallest absolute Gasteiger partial charge is 0.254 e. The summed E-state index contributed by atoms with van der Waals surface area (Å²) in [5.41, 5.74) is 1.94. The van der Waals surface area contributed by atoms with E-state index in [4.69, 9.17) is 21.1 Å². The highest BCUT2D eigenvalue weighted by Gasteiger charge is 2.36. The van der Waals surface area contributed by atoms with Crippen molar-refractivity contribution in [1.29, 1.82) is 0 Å². The first-order chi connectivity index (χ1) is 14.9. The van der Waals surface area contributed by atoms with E-state index in [2.05, 4.69) is 0 Å². The van der Waals surface area contributed by atoms with Crippen molar-refractivity contribution >= 4 is 17.5 Å². The van der Waals surface area contributed by atoms with Crippen LogP contribution in [0.15, 0.2) is 54.6 Å². The van der Waals surface area contributed by atoms with Crippen molar-refractivity contribution in [3.63, 3.8) is 0 Å². The van der Waals surface area contributed by atoms with Gasteiger partial charge in [-0.05, 0) is 60.0 Å². The minimum atomic E-state index is -0.812. The lowest BCUT2D eigenvalue weighted by atomic mass is 9.87. The van der Waals surface area contributed by atoms with E-state index in [9.17, 15) is 9.18 Å². The van der Waals surface area contributed by atoms with Gasteiger partial charge in [0.15, 0.2) is 11.5 Å². The van der Waals surface area contributed by atoms with Gasteiger partial charge in [0.2, 0.25) is 0 Å². The van der Waals surface area contributed by atoms with E-state index < -0.39 is 23.6 Å². The van der Waals surface area contributed by atoms with Crippen LogP contribution in [0.1, 0.15) is 33.1 Å². The lowest BCUT2D eigenvalue weighted by molar-refractivity contribution is 0.0691. The zero-order chi connectivity index (χ0) is 22.1. The van der Waals surface area contributed by atoms with Crippen molar-refractivity contribution in [2.45, 2.75) is 12.5 Å². The van der Waals surface area contributed by atoms with E-state index >= 15 is 4.39 Å². The van der Waals surface area contributed by atoms with Gasteiger partial charge in [0, 0.05) is 22.7 Å². The van der Waals surface area contributed by atoms with Gasteiger partial charge in [-0.15, -0.1) is 0 Å². The van der Waals surface area contributed by atoms with Gasteiger partial charge in [-0.25, -0.2) is 8.78 Å². The molecule has 1 aliphatic heterocycles. The molecule has 0 N–H and O–H groups in total. The number of fused-ring (bicyclic) bond motifs is 1. The molecule has 3 aromatic rings. The Morgan fingerprint density at radius 3 is 2.42 bits per heavy atom. The van der Waals surface area contributed by atoms with Crippen molar-refractivity contribution in [3.05, 3.63) is 93.5 Å². The van der Waals surface area contributed by atoms with E-state index in [0.29, 0.717) is 30.0 Å². The molecule has 1 amide bonds. The molecular weight excluding hydrogens is 424 g/mol. The van der Waals surface area contributed by atoms with Crippen LogP contribution in [0.5, 0.6) is 11.5 Å². The number of ether oxygens (including phenoxy) is 2. The average Bonchev–Trinajstić information content (AvgIpc) is 2.77. The highest BCUT2D eigenvalue weighted by atomic mass is 35.5. The molecule has 31 heavy (non-hydrogen) atoms. The van der Waals surface area contributed by atoms with Crippen LogP contribution in [0, 0.1) is 11.6 Å². The average molecular weight is 444 g/mol. The molecule has 4 rings (SSSR count). The molecular formula is C24H20ClF2NO3. The Balaban J connectivity index is 1.92. The molecule has 0 fully saturated rings. The summed E-state index contributed by atoms with van der Waals surface area (Å²) in [6, 6.07) is 12.6. The molecule has 0 spiro atoms. The first-order valence-corrected chi connectivity index (χ1v) is 10.1. The molecule has 4 nitrogen and oxygen atoms in total. The summed E-state index contributed by atoms with van der Waals surface area (Å²) in [5, 5.41) is 0.199. The maximum atomic E-state index is 15.0. The molecule has 160 valence electrons. The Labute approximate surface area is 184 Å². The third-order valence-electron chi connectivity index (χ3n) is 5.48. The topological polar surface area (TPSA) is 38.8 Å². The first-order valence-electron chi connectivity index (χ1n) is 9.69. The number of halogens is 3. The van der Waals surface area contributed by atoms with Crippen LogP contribution in [-0.2, 0) is 6.42 Å². The van der Waals surface area contributed by atoms with Gasteiger partial charge in [-0.2, -0.15) is 0 Å². The molecule has 1 aliphatic rings. The van der Waals surface area contributed by atoms with Gasteiger partial charge in [0.05, 0.1) is 20.3 Å². The minimum absolute atomic E-state index is 0.182. The normalized spacial score (nSPS) is 15.4. The summed E-state index contributed by atoms with van der Waals surface area (Å²) in [7, 11) is 3.05. The maximum absolute atomic E-state index is 15.0. The summed E-state index contributed by atoms with van der Waals surface area (Å²) in [6.45, 7) is 0.299. The Kier molecular flexibility index (Phi) is 5.83. The molecule has 0 saturated carbocycles. The number of benzene rings is 3. The van der Waals surface area contributed by atoms with Gasteiger partial charge >= 0.3 is 0 Å². The molecule has 0 unspecified atom stereocenters. The van der Waals surface area contributed by atoms with Crippen LogP contribution < -0.4 is 9.47 Å². The van der Waals surface area contributed by atoms with Gasteiger partial charge < -0.3 is 14.4 Å². The number of nitrogens with zero attached hydrogens (tertiary/aromatic N) is 1. The molecule has 0 saturated heterocycles. The second-order valence-corrected chi connectivity index (χ2v) is 7.61. The fourth-order valence-electron chi connectivity index (χ4n) is 4.04. The van der Waals surface area contributed by atoms with Crippen molar-refractivity contribution in [2.75, 3.05) is 20.8 Å². The Hall–Kier alpha value is -3.12. The first kappa shape index (κ1) is 21.1. The number of carbonyl (C=O) groups excluding carboxylic acids is 1. The van der Waals surface area contributed by atoms with Gasteiger partial charge in [0.1, 0.15) is 11.6 Å². The van der Waals surface area contributed by atoms with Crippen LogP contribution >= 0.6 is 11.6 Å². The molecule has 0 aliphatic carbocycles. The maximum Gasteiger partial charge on any atom is 0.254 e.